The number of halogens is 3. The molecule has 1 aliphatic heterocycles. The first-order chi connectivity index (χ1) is 15.7. The van der Waals surface area contributed by atoms with Gasteiger partial charge in [-0.3, -0.25) is 14.5 Å². The smallest absolute Gasteiger partial charge is 0.352 e. The fourth-order valence-electron chi connectivity index (χ4n) is 4.27. The van der Waals surface area contributed by atoms with Crippen molar-refractivity contribution in [1.29, 1.82) is 0 Å². The van der Waals surface area contributed by atoms with Gasteiger partial charge in [0.1, 0.15) is 6.54 Å². The van der Waals surface area contributed by atoms with Gasteiger partial charge in [-0.1, -0.05) is 55.8 Å². The van der Waals surface area contributed by atoms with Gasteiger partial charge < -0.3 is 5.32 Å². The third-order valence-electron chi connectivity index (χ3n) is 6.13. The molecule has 2 atom stereocenters. The molecule has 1 heterocycles. The zero-order valence-corrected chi connectivity index (χ0v) is 19.0. The van der Waals surface area contributed by atoms with Crippen molar-refractivity contribution in [2.24, 2.45) is 5.92 Å². The first-order valence-electron chi connectivity index (χ1n) is 11.0. The van der Waals surface area contributed by atoms with Crippen LogP contribution in [0.25, 0.3) is 6.08 Å². The summed E-state index contributed by atoms with van der Waals surface area (Å²) in [7, 11) is 0. The molecule has 1 aliphatic carbocycles. The molecule has 8 heteroatoms. The number of benzene rings is 2. The molecule has 0 unspecified atom stereocenters. The number of thioether (sulfide) groups is 1. The number of hydrogen-bond donors (Lipinski definition) is 1. The normalized spacial score (nSPS) is 22.2. The molecule has 2 amide bonds. The molecule has 2 aromatic rings. The van der Waals surface area contributed by atoms with Crippen LogP contribution in [0.1, 0.15) is 43.7 Å². The molecule has 33 heavy (non-hydrogen) atoms. The molecular formula is C25H25F3N2O2S. The van der Waals surface area contributed by atoms with Crippen LogP contribution in [-0.4, -0.2) is 24.4 Å². The molecule has 174 valence electrons. The zero-order chi connectivity index (χ0) is 23.6. The summed E-state index contributed by atoms with van der Waals surface area (Å²) < 4.78 is 38.6. The topological polar surface area (TPSA) is 49.4 Å². The van der Waals surface area contributed by atoms with Crippen molar-refractivity contribution in [2.75, 3.05) is 11.4 Å². The summed E-state index contributed by atoms with van der Waals surface area (Å²) in [6.07, 6.45) is 1.41. The van der Waals surface area contributed by atoms with Gasteiger partial charge in [-0.05, 0) is 54.7 Å². The summed E-state index contributed by atoms with van der Waals surface area (Å²) in [6, 6.07) is 12.1. The molecule has 0 aromatic heterocycles. The Hall–Kier alpha value is -2.74. The lowest BCUT2D eigenvalue weighted by Crippen LogP contribution is -2.48. The second kappa shape index (κ2) is 9.63. The number of hydrogen-bond acceptors (Lipinski definition) is 3. The minimum Gasteiger partial charge on any atom is -0.352 e. The van der Waals surface area contributed by atoms with Gasteiger partial charge in [0.05, 0.1) is 16.2 Å². The lowest BCUT2D eigenvalue weighted by Gasteiger charge is -2.32. The van der Waals surface area contributed by atoms with Crippen molar-refractivity contribution < 1.29 is 22.8 Å². The summed E-state index contributed by atoms with van der Waals surface area (Å²) >= 11 is 1.25. The average Bonchev–Trinajstić information content (AvgIpc) is 2.78. The fourth-order valence-corrected chi connectivity index (χ4v) is 5.32. The quantitative estimate of drug-likeness (QED) is 0.563. The van der Waals surface area contributed by atoms with E-state index in [4.69, 9.17) is 0 Å². The van der Waals surface area contributed by atoms with E-state index in [2.05, 4.69) is 12.2 Å². The van der Waals surface area contributed by atoms with Crippen molar-refractivity contribution in [3.8, 4) is 0 Å². The number of rotatable bonds is 4. The predicted molar refractivity (Wildman–Crippen MR) is 124 cm³/mol. The summed E-state index contributed by atoms with van der Waals surface area (Å²) in [5.74, 6) is -0.152. The highest BCUT2D eigenvalue weighted by molar-refractivity contribution is 8.04. The van der Waals surface area contributed by atoms with E-state index in [0.29, 0.717) is 22.1 Å². The van der Waals surface area contributed by atoms with Crippen LogP contribution in [0.5, 0.6) is 0 Å². The van der Waals surface area contributed by atoms with Gasteiger partial charge in [0.2, 0.25) is 5.91 Å². The number of anilines is 1. The minimum atomic E-state index is -4.42. The summed E-state index contributed by atoms with van der Waals surface area (Å²) in [6.45, 7) is 2.02. The van der Waals surface area contributed by atoms with Gasteiger partial charge in [0, 0.05) is 10.9 Å². The van der Waals surface area contributed by atoms with Crippen molar-refractivity contribution in [1.82, 2.24) is 5.32 Å². The molecule has 0 radical (unpaired) electrons. The number of nitrogens with zero attached hydrogens (tertiary/aromatic N) is 1. The van der Waals surface area contributed by atoms with E-state index in [1.807, 2.05) is 18.2 Å². The van der Waals surface area contributed by atoms with Crippen molar-refractivity contribution in [3.63, 3.8) is 0 Å². The van der Waals surface area contributed by atoms with E-state index in [-0.39, 0.29) is 24.4 Å². The molecule has 0 saturated heterocycles. The highest BCUT2D eigenvalue weighted by Crippen LogP contribution is 2.42. The number of nitrogens with one attached hydrogen (secondary N) is 1. The highest BCUT2D eigenvalue weighted by Gasteiger charge is 2.32. The molecule has 1 fully saturated rings. The van der Waals surface area contributed by atoms with Crippen LogP contribution in [0.2, 0.25) is 0 Å². The van der Waals surface area contributed by atoms with E-state index in [1.165, 1.54) is 35.2 Å². The predicted octanol–water partition coefficient (Wildman–Crippen LogP) is 5.88. The molecule has 0 bridgehead atoms. The summed E-state index contributed by atoms with van der Waals surface area (Å²) in [5.41, 5.74) is 0.399. The lowest BCUT2D eigenvalue weighted by atomic mass is 9.86. The van der Waals surface area contributed by atoms with Gasteiger partial charge in [-0.15, -0.1) is 0 Å². The van der Waals surface area contributed by atoms with Crippen LogP contribution in [0.3, 0.4) is 0 Å². The van der Waals surface area contributed by atoms with Crippen molar-refractivity contribution in [3.05, 3.63) is 64.6 Å². The maximum absolute atomic E-state index is 13.3. The van der Waals surface area contributed by atoms with E-state index in [1.54, 1.807) is 12.1 Å². The van der Waals surface area contributed by atoms with Crippen LogP contribution < -0.4 is 10.2 Å². The Kier molecular flexibility index (Phi) is 6.83. The molecule has 1 N–H and O–H groups in total. The van der Waals surface area contributed by atoms with Gasteiger partial charge in [-0.25, -0.2) is 0 Å². The Bertz CT molecular complexity index is 1070. The molecule has 2 aromatic carbocycles. The van der Waals surface area contributed by atoms with Gasteiger partial charge in [0.15, 0.2) is 0 Å². The Morgan fingerprint density at radius 2 is 1.82 bits per heavy atom. The van der Waals surface area contributed by atoms with E-state index < -0.39 is 11.7 Å². The molecular weight excluding hydrogens is 449 g/mol. The van der Waals surface area contributed by atoms with Crippen LogP contribution in [-0.2, 0) is 15.8 Å². The molecule has 4 nitrogen and oxygen atoms in total. The average molecular weight is 475 g/mol. The Labute approximate surface area is 195 Å². The third kappa shape index (κ3) is 5.43. The fraction of sp³-hybridized carbons (Fsp3) is 0.360. The van der Waals surface area contributed by atoms with E-state index in [0.717, 1.165) is 36.3 Å². The maximum Gasteiger partial charge on any atom is 0.416 e. The van der Waals surface area contributed by atoms with Gasteiger partial charge in [-0.2, -0.15) is 13.2 Å². The molecule has 4 rings (SSSR count). The SMILES string of the molecule is C[C@H]1CCCC[C@H]1NC(=O)CN1C(=O)/C(=C\c2ccc(C(F)(F)F)cc2)Sc2ccccc21. The Morgan fingerprint density at radius 3 is 2.52 bits per heavy atom. The number of fused-ring (bicyclic) bond motifs is 1. The number of alkyl halides is 3. The van der Waals surface area contributed by atoms with Crippen LogP contribution in [0, 0.1) is 5.92 Å². The monoisotopic (exact) mass is 474 g/mol. The molecule has 2 aliphatic rings. The van der Waals surface area contributed by atoms with Crippen LogP contribution in [0.4, 0.5) is 18.9 Å². The van der Waals surface area contributed by atoms with Gasteiger partial charge >= 0.3 is 6.18 Å². The standard InChI is InChI=1S/C25H25F3N2O2S/c1-16-6-2-3-7-19(16)29-23(31)15-30-20-8-4-5-9-21(20)33-22(24(30)32)14-17-10-12-18(13-11-17)25(26,27)28/h4-5,8-14,16,19H,2-3,6-7,15H2,1H3,(H,29,31)/b22-14+/t16-,19+/m0/s1. The van der Waals surface area contributed by atoms with Crippen molar-refractivity contribution in [2.45, 2.75) is 49.7 Å². The van der Waals surface area contributed by atoms with E-state index in [9.17, 15) is 22.8 Å². The Morgan fingerprint density at radius 1 is 1.12 bits per heavy atom. The number of carbonyl (C=O) groups excluding carboxylic acids is 2. The zero-order valence-electron chi connectivity index (χ0n) is 18.2. The second-order valence-electron chi connectivity index (χ2n) is 8.53. The Balaban J connectivity index is 1.56. The van der Waals surface area contributed by atoms with E-state index >= 15 is 0 Å². The van der Waals surface area contributed by atoms with Crippen molar-refractivity contribution >= 4 is 35.3 Å². The largest absolute Gasteiger partial charge is 0.416 e. The number of carbonyl (C=O) groups is 2. The highest BCUT2D eigenvalue weighted by atomic mass is 32.2. The van der Waals surface area contributed by atoms with Gasteiger partial charge in [0.25, 0.3) is 5.91 Å². The first kappa shape index (κ1) is 23.4. The summed E-state index contributed by atoms with van der Waals surface area (Å²) in [4.78, 5) is 28.7. The lowest BCUT2D eigenvalue weighted by molar-refractivity contribution is -0.137. The maximum atomic E-state index is 13.3. The number of para-hydroxylation sites is 1. The first-order valence-corrected chi connectivity index (χ1v) is 11.8. The van der Waals surface area contributed by atoms with Crippen LogP contribution >= 0.6 is 11.8 Å². The number of amides is 2. The van der Waals surface area contributed by atoms with Crippen LogP contribution in [0.15, 0.2) is 58.3 Å². The molecule has 0 spiro atoms. The molecule has 1 saturated carbocycles. The minimum absolute atomic E-state index is 0.107. The summed E-state index contributed by atoms with van der Waals surface area (Å²) in [5, 5.41) is 3.09. The second-order valence-corrected chi connectivity index (χ2v) is 9.61. The third-order valence-corrected chi connectivity index (χ3v) is 7.20.